The van der Waals surface area contributed by atoms with Gasteiger partial charge in [-0.3, -0.25) is 14.5 Å². The third kappa shape index (κ3) is 4.74. The van der Waals surface area contributed by atoms with Crippen LogP contribution in [0, 0.1) is 11.8 Å². The summed E-state index contributed by atoms with van der Waals surface area (Å²) in [5.74, 6) is 1.58. The molecule has 0 bridgehead atoms. The number of nitrogens with one attached hydrogen (secondary N) is 1. The third-order valence-electron chi connectivity index (χ3n) is 6.65. The molecule has 6 nitrogen and oxygen atoms in total. The zero-order valence-corrected chi connectivity index (χ0v) is 17.4. The highest BCUT2D eigenvalue weighted by Crippen LogP contribution is 2.33. The Labute approximate surface area is 173 Å². The zero-order chi connectivity index (χ0) is 20.2. The lowest BCUT2D eigenvalue weighted by molar-refractivity contribution is -0.136. The first-order chi connectivity index (χ1) is 14.2. The Hall–Kier alpha value is -2.08. The maximum absolute atomic E-state index is 12.9. The normalized spacial score (nSPS) is 21.8. The van der Waals surface area contributed by atoms with Crippen molar-refractivity contribution in [1.29, 1.82) is 0 Å². The largest absolute Gasteiger partial charge is 0.496 e. The van der Waals surface area contributed by atoms with E-state index in [1.807, 2.05) is 23.1 Å². The molecule has 0 unspecified atom stereocenters. The minimum absolute atomic E-state index is 0.00940. The summed E-state index contributed by atoms with van der Waals surface area (Å²) in [5, 5.41) is 3.22. The molecule has 1 N–H and O–H groups in total. The summed E-state index contributed by atoms with van der Waals surface area (Å²) in [4.78, 5) is 29.5. The van der Waals surface area contributed by atoms with Gasteiger partial charge in [-0.25, -0.2) is 0 Å². The fourth-order valence-corrected chi connectivity index (χ4v) is 4.72. The van der Waals surface area contributed by atoms with Crippen LogP contribution in [-0.4, -0.2) is 61.4 Å². The van der Waals surface area contributed by atoms with E-state index in [0.717, 1.165) is 63.2 Å². The molecule has 1 aromatic carbocycles. The molecule has 0 radical (unpaired) electrons. The summed E-state index contributed by atoms with van der Waals surface area (Å²) in [7, 11) is 1.70. The summed E-state index contributed by atoms with van der Waals surface area (Å²) in [6.07, 6.45) is 6.03. The predicted octanol–water partition coefficient (Wildman–Crippen LogP) is 2.60. The predicted molar refractivity (Wildman–Crippen MR) is 112 cm³/mol. The fourth-order valence-electron chi connectivity index (χ4n) is 4.72. The maximum atomic E-state index is 12.9. The third-order valence-corrected chi connectivity index (χ3v) is 6.65. The topological polar surface area (TPSA) is 61.9 Å². The molecule has 2 saturated heterocycles. The van der Waals surface area contributed by atoms with E-state index in [2.05, 4.69) is 16.3 Å². The van der Waals surface area contributed by atoms with Crippen molar-refractivity contribution in [2.24, 2.45) is 11.8 Å². The Morgan fingerprint density at radius 3 is 2.38 bits per heavy atom. The number of benzene rings is 1. The van der Waals surface area contributed by atoms with Gasteiger partial charge < -0.3 is 15.0 Å². The van der Waals surface area contributed by atoms with E-state index < -0.39 is 0 Å². The highest BCUT2D eigenvalue weighted by molar-refractivity contribution is 5.82. The van der Waals surface area contributed by atoms with Crippen LogP contribution in [0.3, 0.4) is 0 Å². The number of hydrogen-bond donors (Lipinski definition) is 1. The van der Waals surface area contributed by atoms with Crippen LogP contribution in [0.15, 0.2) is 24.3 Å². The highest BCUT2D eigenvalue weighted by atomic mass is 16.5. The van der Waals surface area contributed by atoms with E-state index >= 15 is 0 Å². The molecule has 4 rings (SSSR count). The first kappa shape index (κ1) is 20.2. The maximum Gasteiger partial charge on any atom is 0.225 e. The number of methoxy groups -OCH3 is 1. The van der Waals surface area contributed by atoms with E-state index in [0.29, 0.717) is 12.5 Å². The van der Waals surface area contributed by atoms with Gasteiger partial charge in [-0.05, 0) is 57.7 Å². The summed E-state index contributed by atoms with van der Waals surface area (Å²) in [6, 6.07) is 8.26. The van der Waals surface area contributed by atoms with Gasteiger partial charge in [0.1, 0.15) is 5.75 Å². The number of likely N-dealkylation sites (tertiary alicyclic amines) is 2. The zero-order valence-electron chi connectivity index (χ0n) is 17.4. The summed E-state index contributed by atoms with van der Waals surface area (Å²) in [5.41, 5.74) is 1.14. The van der Waals surface area contributed by atoms with E-state index in [1.54, 1.807) is 7.11 Å². The van der Waals surface area contributed by atoms with Gasteiger partial charge in [0.25, 0.3) is 0 Å². The lowest BCUT2D eigenvalue weighted by atomic mass is 9.95. The molecule has 2 aliphatic heterocycles. The second-order valence-electron chi connectivity index (χ2n) is 8.62. The van der Waals surface area contributed by atoms with Crippen LogP contribution in [0.2, 0.25) is 0 Å². The van der Waals surface area contributed by atoms with Crippen molar-refractivity contribution in [1.82, 2.24) is 15.1 Å². The quantitative estimate of drug-likeness (QED) is 0.766. The average Bonchev–Trinajstić information content (AvgIpc) is 3.48. The van der Waals surface area contributed by atoms with E-state index in [1.165, 1.54) is 12.8 Å². The second kappa shape index (κ2) is 9.16. The average molecular weight is 400 g/mol. The molecule has 158 valence electrons. The Kier molecular flexibility index (Phi) is 6.38. The van der Waals surface area contributed by atoms with Gasteiger partial charge in [0.2, 0.25) is 11.8 Å². The molecule has 3 fully saturated rings. The van der Waals surface area contributed by atoms with E-state index in [4.69, 9.17) is 4.74 Å². The molecule has 2 amide bonds. The molecule has 0 spiro atoms. The van der Waals surface area contributed by atoms with Crippen LogP contribution in [0.5, 0.6) is 5.75 Å². The van der Waals surface area contributed by atoms with Gasteiger partial charge in [0, 0.05) is 37.0 Å². The molecular formula is C23H33N3O3. The van der Waals surface area contributed by atoms with Crippen molar-refractivity contribution in [3.63, 3.8) is 0 Å². The van der Waals surface area contributed by atoms with Crippen LogP contribution >= 0.6 is 0 Å². The molecule has 3 aliphatic rings. The number of para-hydroxylation sites is 1. The molecule has 0 aromatic heterocycles. The number of nitrogens with zero attached hydrogens (tertiary/aromatic N) is 2. The molecule has 1 atom stereocenters. The number of rotatable bonds is 7. The second-order valence-corrected chi connectivity index (χ2v) is 8.62. The smallest absolute Gasteiger partial charge is 0.225 e. The monoisotopic (exact) mass is 399 g/mol. The molecule has 1 aliphatic carbocycles. The lowest BCUT2D eigenvalue weighted by Gasteiger charge is -2.33. The summed E-state index contributed by atoms with van der Waals surface area (Å²) >= 11 is 0. The first-order valence-corrected chi connectivity index (χ1v) is 11.1. The standard InChI is InChI=1S/C23H33N3O3/c1-29-21-7-3-2-6-19(21)20(25-12-4-5-13-25)16-24-22(27)17-10-14-26(15-11-17)23(28)18-8-9-18/h2-3,6-7,17-18,20H,4-5,8-16H2,1H3,(H,24,27)/t20-/m0/s1. The number of amides is 2. The molecule has 2 heterocycles. The van der Waals surface area contributed by atoms with Crippen LogP contribution in [-0.2, 0) is 9.59 Å². The number of hydrogen-bond acceptors (Lipinski definition) is 4. The molecule has 1 saturated carbocycles. The Morgan fingerprint density at radius 2 is 1.72 bits per heavy atom. The van der Waals surface area contributed by atoms with Crippen molar-refractivity contribution < 1.29 is 14.3 Å². The number of carbonyl (C=O) groups is 2. The van der Waals surface area contributed by atoms with Crippen LogP contribution in [0.25, 0.3) is 0 Å². The van der Waals surface area contributed by atoms with Crippen LogP contribution in [0.1, 0.15) is 50.1 Å². The Bertz CT molecular complexity index is 720. The van der Waals surface area contributed by atoms with Gasteiger partial charge >= 0.3 is 0 Å². The van der Waals surface area contributed by atoms with E-state index in [9.17, 15) is 9.59 Å². The van der Waals surface area contributed by atoms with Crippen molar-refractivity contribution in [3.8, 4) is 5.75 Å². The van der Waals surface area contributed by atoms with Gasteiger partial charge in [-0.15, -0.1) is 0 Å². The summed E-state index contributed by atoms with van der Waals surface area (Å²) < 4.78 is 5.59. The first-order valence-electron chi connectivity index (χ1n) is 11.1. The van der Waals surface area contributed by atoms with Crippen molar-refractivity contribution in [3.05, 3.63) is 29.8 Å². The molecule has 6 heteroatoms. The van der Waals surface area contributed by atoms with Crippen LogP contribution in [0.4, 0.5) is 0 Å². The number of carbonyl (C=O) groups excluding carboxylic acids is 2. The van der Waals surface area contributed by atoms with Gasteiger partial charge in [-0.2, -0.15) is 0 Å². The lowest BCUT2D eigenvalue weighted by Crippen LogP contribution is -2.45. The molecular weight excluding hydrogens is 366 g/mol. The van der Waals surface area contributed by atoms with E-state index in [-0.39, 0.29) is 23.8 Å². The molecule has 1 aromatic rings. The van der Waals surface area contributed by atoms with Crippen molar-refractivity contribution in [2.75, 3.05) is 39.8 Å². The highest BCUT2D eigenvalue weighted by Gasteiger charge is 2.36. The van der Waals surface area contributed by atoms with Gasteiger partial charge in [0.15, 0.2) is 0 Å². The van der Waals surface area contributed by atoms with Crippen LogP contribution < -0.4 is 10.1 Å². The number of piperidine rings is 1. The fraction of sp³-hybridized carbons (Fsp3) is 0.652. The minimum Gasteiger partial charge on any atom is -0.496 e. The Balaban J connectivity index is 1.35. The summed E-state index contributed by atoms with van der Waals surface area (Å²) in [6.45, 7) is 4.14. The minimum atomic E-state index is 0.00940. The molecule has 29 heavy (non-hydrogen) atoms. The van der Waals surface area contributed by atoms with Crippen molar-refractivity contribution >= 4 is 11.8 Å². The Morgan fingerprint density at radius 1 is 1.03 bits per heavy atom. The van der Waals surface area contributed by atoms with Crippen molar-refractivity contribution in [2.45, 2.75) is 44.6 Å². The van der Waals surface area contributed by atoms with Gasteiger partial charge in [-0.1, -0.05) is 18.2 Å². The number of ether oxygens (including phenoxy) is 1. The SMILES string of the molecule is COc1ccccc1[C@H](CNC(=O)C1CCN(C(=O)C2CC2)CC1)N1CCCC1. The van der Waals surface area contributed by atoms with Gasteiger partial charge in [0.05, 0.1) is 13.2 Å².